The number of anilines is 1. The van der Waals surface area contributed by atoms with Gasteiger partial charge in [-0.2, -0.15) is 0 Å². The molecule has 1 aromatic heterocycles. The fourth-order valence-corrected chi connectivity index (χ4v) is 1.56. The minimum absolute atomic E-state index is 0.0109. The highest BCUT2D eigenvalue weighted by molar-refractivity contribution is 5.45. The monoisotopic (exact) mass is 239 g/mol. The number of aromatic nitrogens is 1. The van der Waals surface area contributed by atoms with E-state index in [1.165, 1.54) is 12.3 Å². The molecule has 0 bridgehead atoms. The van der Waals surface area contributed by atoms with E-state index in [9.17, 15) is 15.2 Å². The lowest BCUT2D eigenvalue weighted by Crippen LogP contribution is -2.40. The summed E-state index contributed by atoms with van der Waals surface area (Å²) < 4.78 is 0. The zero-order chi connectivity index (χ0) is 12.9. The zero-order valence-corrected chi connectivity index (χ0v) is 10.0. The van der Waals surface area contributed by atoms with Crippen LogP contribution in [0.3, 0.4) is 0 Å². The average molecular weight is 239 g/mol. The molecule has 0 atom stereocenters. The third kappa shape index (κ3) is 3.13. The Morgan fingerprint density at radius 2 is 2.12 bits per heavy atom. The zero-order valence-electron chi connectivity index (χ0n) is 10.0. The van der Waals surface area contributed by atoms with E-state index >= 15 is 0 Å². The Hall–Kier alpha value is -1.69. The van der Waals surface area contributed by atoms with Gasteiger partial charge in [-0.3, -0.25) is 0 Å². The van der Waals surface area contributed by atoms with Crippen molar-refractivity contribution in [1.29, 1.82) is 0 Å². The lowest BCUT2D eigenvalue weighted by molar-refractivity contribution is -0.389. The van der Waals surface area contributed by atoms with E-state index in [0.717, 1.165) is 12.8 Å². The number of nitrogens with one attached hydrogen (secondary N) is 1. The van der Waals surface area contributed by atoms with E-state index < -0.39 is 10.5 Å². The van der Waals surface area contributed by atoms with E-state index in [4.69, 9.17) is 0 Å². The molecule has 0 saturated heterocycles. The van der Waals surface area contributed by atoms with Gasteiger partial charge in [0.2, 0.25) is 0 Å². The number of hydrogen-bond acceptors (Lipinski definition) is 5. The van der Waals surface area contributed by atoms with Crippen LogP contribution in [0.4, 0.5) is 11.5 Å². The fourth-order valence-electron chi connectivity index (χ4n) is 1.56. The van der Waals surface area contributed by atoms with Crippen molar-refractivity contribution in [3.05, 3.63) is 28.4 Å². The third-order valence-corrected chi connectivity index (χ3v) is 3.00. The molecule has 94 valence electrons. The van der Waals surface area contributed by atoms with Gasteiger partial charge in [-0.25, -0.2) is 0 Å². The van der Waals surface area contributed by atoms with Crippen molar-refractivity contribution in [2.24, 2.45) is 0 Å². The molecule has 0 radical (unpaired) electrons. The van der Waals surface area contributed by atoms with Gasteiger partial charge >= 0.3 is 5.82 Å². The van der Waals surface area contributed by atoms with Crippen LogP contribution >= 0.6 is 0 Å². The van der Waals surface area contributed by atoms with Gasteiger partial charge in [0.1, 0.15) is 0 Å². The maximum Gasteiger partial charge on any atom is 0.363 e. The summed E-state index contributed by atoms with van der Waals surface area (Å²) in [6.45, 7) is 3.97. The summed E-state index contributed by atoms with van der Waals surface area (Å²) in [5.74, 6) is -0.182. The van der Waals surface area contributed by atoms with E-state index in [2.05, 4.69) is 10.3 Å². The second-order valence-corrected chi connectivity index (χ2v) is 3.93. The second-order valence-electron chi connectivity index (χ2n) is 3.93. The number of nitrogens with zero attached hydrogens (tertiary/aromatic N) is 2. The molecule has 2 N–H and O–H groups in total. The molecule has 0 fully saturated rings. The summed E-state index contributed by atoms with van der Waals surface area (Å²) in [5.41, 5.74) is 0.283. The Bertz CT molecular complexity index is 366. The Morgan fingerprint density at radius 3 is 2.47 bits per heavy atom. The molecule has 0 aliphatic heterocycles. The van der Waals surface area contributed by atoms with Gasteiger partial charge in [0.05, 0.1) is 17.8 Å². The fraction of sp³-hybridized carbons (Fsp3) is 0.545. The van der Waals surface area contributed by atoms with E-state index in [-0.39, 0.29) is 12.4 Å². The van der Waals surface area contributed by atoms with E-state index in [1.54, 1.807) is 6.07 Å². The van der Waals surface area contributed by atoms with Gasteiger partial charge < -0.3 is 20.5 Å². The molecular weight excluding hydrogens is 222 g/mol. The summed E-state index contributed by atoms with van der Waals surface area (Å²) in [6, 6.07) is 2.94. The largest absolute Gasteiger partial charge is 0.394 e. The molecule has 0 aromatic carbocycles. The molecule has 1 heterocycles. The van der Waals surface area contributed by atoms with Crippen molar-refractivity contribution < 1.29 is 10.0 Å². The van der Waals surface area contributed by atoms with Crippen LogP contribution in [0.1, 0.15) is 26.7 Å². The van der Waals surface area contributed by atoms with Crippen LogP contribution in [0, 0.1) is 10.1 Å². The summed E-state index contributed by atoms with van der Waals surface area (Å²) in [4.78, 5) is 13.6. The molecular formula is C11H17N3O3. The molecule has 0 aliphatic carbocycles. The van der Waals surface area contributed by atoms with E-state index in [1.807, 2.05) is 13.8 Å². The van der Waals surface area contributed by atoms with Crippen molar-refractivity contribution in [3.8, 4) is 0 Å². The van der Waals surface area contributed by atoms with Crippen LogP contribution in [0.2, 0.25) is 0 Å². The van der Waals surface area contributed by atoms with Crippen LogP contribution in [0.25, 0.3) is 0 Å². The summed E-state index contributed by atoms with van der Waals surface area (Å²) in [7, 11) is 0. The average Bonchev–Trinajstić information content (AvgIpc) is 2.37. The highest BCUT2D eigenvalue weighted by atomic mass is 16.6. The minimum atomic E-state index is -0.539. The molecule has 0 spiro atoms. The topological polar surface area (TPSA) is 88.3 Å². The first-order valence-electron chi connectivity index (χ1n) is 5.56. The van der Waals surface area contributed by atoms with Crippen molar-refractivity contribution >= 4 is 11.5 Å². The van der Waals surface area contributed by atoms with Gasteiger partial charge in [0.15, 0.2) is 6.20 Å². The highest BCUT2D eigenvalue weighted by Gasteiger charge is 2.25. The molecule has 0 aliphatic rings. The molecule has 0 saturated carbocycles. The Labute approximate surface area is 99.8 Å². The molecule has 0 unspecified atom stereocenters. The maximum atomic E-state index is 10.4. The third-order valence-electron chi connectivity index (χ3n) is 3.00. The smallest absolute Gasteiger partial charge is 0.363 e. The Morgan fingerprint density at radius 1 is 1.47 bits per heavy atom. The molecule has 6 nitrogen and oxygen atoms in total. The number of rotatable bonds is 6. The minimum Gasteiger partial charge on any atom is -0.394 e. The summed E-state index contributed by atoms with van der Waals surface area (Å²) in [5, 5.41) is 23.0. The first-order chi connectivity index (χ1) is 8.06. The SMILES string of the molecule is CCC(CC)(CO)Nc1ccc([N+](=O)[O-])nc1. The standard InChI is InChI=1S/C11H17N3O3/c1-3-11(4-2,8-15)13-9-5-6-10(12-7-9)14(16)17/h5-7,13,15H,3-4,8H2,1-2H3. The number of nitro groups is 1. The normalized spacial score (nSPS) is 11.2. The van der Waals surface area contributed by atoms with Crippen molar-refractivity contribution in [3.63, 3.8) is 0 Å². The molecule has 1 rings (SSSR count). The van der Waals surface area contributed by atoms with Crippen LogP contribution in [0.5, 0.6) is 0 Å². The van der Waals surface area contributed by atoms with Crippen LogP contribution in [-0.4, -0.2) is 27.2 Å². The summed E-state index contributed by atoms with van der Waals surface area (Å²) in [6.07, 6.45) is 2.93. The van der Waals surface area contributed by atoms with Gasteiger partial charge in [-0.1, -0.05) is 13.8 Å². The van der Waals surface area contributed by atoms with E-state index in [0.29, 0.717) is 5.69 Å². The molecule has 6 heteroatoms. The van der Waals surface area contributed by atoms with Gasteiger partial charge in [0.25, 0.3) is 0 Å². The lowest BCUT2D eigenvalue weighted by atomic mass is 9.93. The number of aliphatic hydroxyl groups is 1. The van der Waals surface area contributed by atoms with Gasteiger partial charge in [-0.15, -0.1) is 0 Å². The molecule has 1 aromatic rings. The lowest BCUT2D eigenvalue weighted by Gasteiger charge is -2.31. The molecule has 0 amide bonds. The van der Waals surface area contributed by atoms with Crippen LogP contribution in [0.15, 0.2) is 18.3 Å². The Balaban J connectivity index is 2.84. The van der Waals surface area contributed by atoms with Crippen LogP contribution < -0.4 is 5.32 Å². The first kappa shape index (κ1) is 13.4. The number of hydrogen-bond donors (Lipinski definition) is 2. The second kappa shape index (κ2) is 5.58. The summed E-state index contributed by atoms with van der Waals surface area (Å²) >= 11 is 0. The van der Waals surface area contributed by atoms with Gasteiger partial charge in [0, 0.05) is 6.07 Å². The Kier molecular flexibility index (Phi) is 4.39. The number of pyridine rings is 1. The van der Waals surface area contributed by atoms with Crippen LogP contribution in [-0.2, 0) is 0 Å². The van der Waals surface area contributed by atoms with Crippen molar-refractivity contribution in [1.82, 2.24) is 4.98 Å². The van der Waals surface area contributed by atoms with Crippen molar-refractivity contribution in [2.75, 3.05) is 11.9 Å². The van der Waals surface area contributed by atoms with Crippen molar-refractivity contribution in [2.45, 2.75) is 32.2 Å². The predicted molar refractivity (Wildman–Crippen MR) is 64.9 cm³/mol. The maximum absolute atomic E-state index is 10.4. The first-order valence-corrected chi connectivity index (χ1v) is 5.56. The highest BCUT2D eigenvalue weighted by Crippen LogP contribution is 2.22. The number of aliphatic hydroxyl groups excluding tert-OH is 1. The molecule has 17 heavy (non-hydrogen) atoms. The predicted octanol–water partition coefficient (Wildman–Crippen LogP) is 1.95. The van der Waals surface area contributed by atoms with Gasteiger partial charge in [-0.05, 0) is 28.8 Å². The quantitative estimate of drug-likeness (QED) is 0.585.